The molecule has 1 fully saturated rings. The first-order chi connectivity index (χ1) is 31.8. The van der Waals surface area contributed by atoms with E-state index in [1.807, 2.05) is 37.3 Å². The Bertz CT molecular complexity index is 2500. The molecule has 1 aliphatic carbocycles. The number of hydrogen-bond acceptors (Lipinski definition) is 0. The summed E-state index contributed by atoms with van der Waals surface area (Å²) in [5, 5.41) is 3.12. The quantitative estimate of drug-likeness (QED) is 0.0886. The molecular weight excluding hydrogens is 1100 g/mol. The maximum atomic E-state index is 13.4. The van der Waals surface area contributed by atoms with E-state index in [9.17, 15) is 79.0 Å². The monoisotopic (exact) mass is 1130 g/mol. The van der Waals surface area contributed by atoms with E-state index in [1.165, 1.54) is 0 Å². The van der Waals surface area contributed by atoms with Crippen molar-refractivity contribution in [1.82, 2.24) is 0 Å². The Balaban J connectivity index is 0.000000271. The number of alkyl halides is 18. The summed E-state index contributed by atoms with van der Waals surface area (Å²) in [5.41, 5.74) is -12.3. The first-order valence-electron chi connectivity index (χ1n) is 20.4. The molecule has 0 aliphatic heterocycles. The van der Waals surface area contributed by atoms with Crippen molar-refractivity contribution in [3.8, 4) is 22.3 Å². The summed E-state index contributed by atoms with van der Waals surface area (Å²) in [5.74, 6) is 0.388. The second-order valence-electron chi connectivity index (χ2n) is 15.8. The van der Waals surface area contributed by atoms with Crippen molar-refractivity contribution in [2.24, 2.45) is 0 Å². The minimum atomic E-state index is -6.63. The zero-order chi connectivity index (χ0) is 52.2. The van der Waals surface area contributed by atoms with Crippen LogP contribution in [0.3, 0.4) is 0 Å². The summed E-state index contributed by atoms with van der Waals surface area (Å²) in [7, 11) is 11.0. The molecule has 1 saturated carbocycles. The molecule has 0 unspecified atom stereocenters. The average molecular weight is 1140 g/mol. The Morgan fingerprint density at radius 3 is 1.14 bits per heavy atom. The Kier molecular flexibility index (Phi) is 18.6. The Morgan fingerprint density at radius 1 is 0.507 bits per heavy atom. The van der Waals surface area contributed by atoms with Gasteiger partial charge in [-0.05, 0) is 47.4 Å². The minimum absolute atomic E-state index is 0.207. The van der Waals surface area contributed by atoms with E-state index < -0.39 is 79.9 Å². The topological polar surface area (TPSA) is 0 Å². The van der Waals surface area contributed by atoms with Crippen LogP contribution in [0.1, 0.15) is 60.8 Å². The van der Waals surface area contributed by atoms with E-state index in [2.05, 4.69) is 13.1 Å². The summed E-state index contributed by atoms with van der Waals surface area (Å²) >= 11 is -0.826. The van der Waals surface area contributed by atoms with E-state index in [1.54, 1.807) is 30.3 Å². The van der Waals surface area contributed by atoms with Gasteiger partial charge in [0.25, 0.3) is 10.8 Å². The van der Waals surface area contributed by atoms with Crippen LogP contribution in [0.25, 0.3) is 43.8 Å². The molecule has 0 spiro atoms. The zero-order valence-electron chi connectivity index (χ0n) is 36.1. The molecule has 0 nitrogen and oxygen atoms in total. The third kappa shape index (κ3) is 11.6. The van der Waals surface area contributed by atoms with Gasteiger partial charge < -0.3 is 0 Å². The van der Waals surface area contributed by atoms with E-state index in [4.69, 9.17) is 17.0 Å². The maximum absolute atomic E-state index is 13.4. The second-order valence-corrected chi connectivity index (χ2v) is 20.5. The van der Waals surface area contributed by atoms with Gasteiger partial charge in [0.05, 0.1) is 0 Å². The number of fused-ring (bicyclic) bond motifs is 2. The molecule has 6 aromatic rings. The van der Waals surface area contributed by atoms with Gasteiger partial charge >= 0.3 is 74.9 Å². The van der Waals surface area contributed by atoms with Gasteiger partial charge in [-0.1, -0.05) is 105 Å². The molecule has 0 atom stereocenters. The third-order valence-electron chi connectivity index (χ3n) is 11.6. The molecule has 0 bridgehead atoms. The van der Waals surface area contributed by atoms with Crippen LogP contribution in [0.2, 0.25) is 13.1 Å². The zero-order valence-corrected chi connectivity index (χ0v) is 41.0. The molecule has 0 amide bonds. The molecule has 374 valence electrons. The van der Waals surface area contributed by atoms with Gasteiger partial charge in [0.2, 0.25) is 0 Å². The normalized spacial score (nSPS) is 14.4. The number of rotatable bonds is 6. The van der Waals surface area contributed by atoms with Crippen molar-refractivity contribution >= 4 is 48.1 Å². The molecule has 0 N–H and O–H groups in total. The van der Waals surface area contributed by atoms with Gasteiger partial charge in [0, 0.05) is 9.52 Å². The van der Waals surface area contributed by atoms with Crippen molar-refractivity contribution in [3.05, 3.63) is 131 Å². The van der Waals surface area contributed by atoms with Crippen LogP contribution in [0, 0.1) is 0 Å². The predicted molar refractivity (Wildman–Crippen MR) is 229 cm³/mol. The van der Waals surface area contributed by atoms with Gasteiger partial charge in [-0.2, -0.15) is 91.2 Å². The van der Waals surface area contributed by atoms with E-state index >= 15 is 0 Å². The van der Waals surface area contributed by atoms with E-state index in [0.717, 1.165) is 86.8 Å². The van der Waals surface area contributed by atoms with E-state index in [0.29, 0.717) is 28.9 Å². The fourth-order valence-corrected chi connectivity index (χ4v) is 8.50. The van der Waals surface area contributed by atoms with Crippen molar-refractivity contribution in [2.45, 2.75) is 106 Å². The molecule has 6 aromatic carbocycles. The molecule has 69 heavy (non-hydrogen) atoms. The molecule has 0 aromatic heterocycles. The number of halogens is 20. The van der Waals surface area contributed by atoms with Crippen LogP contribution >= 0.6 is 17.0 Å². The van der Waals surface area contributed by atoms with Gasteiger partial charge in [-0.25, -0.2) is 0 Å². The van der Waals surface area contributed by atoms with Gasteiger partial charge in [-0.15, -0.1) is 69.1 Å². The van der Waals surface area contributed by atoms with Crippen molar-refractivity contribution < 1.29 is 99.9 Å². The van der Waals surface area contributed by atoms with Crippen LogP contribution < -0.4 is 0 Å². The first kappa shape index (κ1) is 58.1. The number of aryl methyl sites for hydroxylation is 1. The Hall–Kier alpha value is -3.48. The standard InChI is InChI=1S/C24H18F9.C21H14F9.C2H6Si.2ClH.Zr/c25-22(26,27)21(23(28,29)30,24(31,32)33)18-10-8-15(9-11-18)19-7-3-6-16-12-17(13-20(16)19)14-4-1-2-5-14;1-2-12-10-14-4-3-5-16(17(14)11-12)13-6-8-15(9-7-13)18(19(22,23)24,20(25,26)27)21(28,29)30;1-3-2;;;/h3,6-14H,1-2,4-5H2;3-11H,2H2,1H3;1-2H3;2*1H;/q2*-1;;;;+4/p-2. The van der Waals surface area contributed by atoms with Crippen LogP contribution in [-0.4, -0.2) is 46.6 Å². The third-order valence-corrected chi connectivity index (χ3v) is 11.6. The number of hydrogen-bond donors (Lipinski definition) is 0. The molecule has 0 saturated heterocycles. The van der Waals surface area contributed by atoms with Gasteiger partial charge in [0.15, 0.2) is 0 Å². The second kappa shape index (κ2) is 22.1. The van der Waals surface area contributed by atoms with Gasteiger partial charge in [-0.3, -0.25) is 0 Å². The van der Waals surface area contributed by atoms with Crippen molar-refractivity contribution in [3.63, 3.8) is 0 Å². The Morgan fingerprint density at radius 2 is 0.826 bits per heavy atom. The summed E-state index contributed by atoms with van der Waals surface area (Å²) in [6.07, 6.45) is -34.8. The van der Waals surface area contributed by atoms with E-state index in [-0.39, 0.29) is 35.4 Å². The van der Waals surface area contributed by atoms with Crippen LogP contribution in [0.15, 0.2) is 109 Å². The predicted octanol–water partition coefficient (Wildman–Crippen LogP) is 18.7. The molecule has 0 heterocycles. The molecule has 1 aliphatic rings. The summed E-state index contributed by atoms with van der Waals surface area (Å²) < 4.78 is 240. The van der Waals surface area contributed by atoms with Crippen LogP contribution in [0.5, 0.6) is 0 Å². The summed E-state index contributed by atoms with van der Waals surface area (Å²) in [4.78, 5) is 0. The average Bonchev–Trinajstić information content (AvgIpc) is 4.00. The molecule has 22 heteroatoms. The van der Waals surface area contributed by atoms with Crippen molar-refractivity contribution in [2.75, 3.05) is 0 Å². The van der Waals surface area contributed by atoms with Crippen LogP contribution in [0.4, 0.5) is 79.0 Å². The van der Waals surface area contributed by atoms with Crippen LogP contribution in [-0.2, 0) is 38.1 Å². The fraction of sp³-hybridized carbons (Fsp3) is 0.362. The molecule has 2 radical (unpaired) electrons. The summed E-state index contributed by atoms with van der Waals surface area (Å²) in [6.45, 7) is 6.22. The van der Waals surface area contributed by atoms with Gasteiger partial charge in [0.1, 0.15) is 0 Å². The molecular formula is C47H38Cl2F18SiZr. The Labute approximate surface area is 405 Å². The molecule has 7 rings (SSSR count). The first-order valence-corrected chi connectivity index (χ1v) is 28.7. The summed E-state index contributed by atoms with van der Waals surface area (Å²) in [6, 6.07) is 22.3. The fourth-order valence-electron chi connectivity index (χ4n) is 8.50. The van der Waals surface area contributed by atoms with Crippen molar-refractivity contribution in [1.29, 1.82) is 0 Å². The number of benzene rings is 4. The SMILES string of the molecule is CCc1cc2c(-c3ccc(C(C(F)(F)F)(C(F)(F)F)C(F)(F)F)cc3)cccc2[cH-]1.C[Si]C.FC(F)(F)C(c1ccc(-c2cccc3[cH-]c(C4CCCC4)cc23)cc1)(C(F)(F)F)C(F)(F)F.[Cl][Zr+2][Cl].